The molecule has 2 aliphatic rings. The van der Waals surface area contributed by atoms with Gasteiger partial charge in [0, 0.05) is 13.3 Å². The van der Waals surface area contributed by atoms with Gasteiger partial charge in [0.2, 0.25) is 0 Å². The van der Waals surface area contributed by atoms with Crippen LogP contribution in [0.4, 0.5) is 0 Å². The molecule has 0 aromatic rings. The third-order valence-electron chi connectivity index (χ3n) is 5.30. The second-order valence-electron chi connectivity index (χ2n) is 8.15. The standard InChI is InChI=1S/C22H34O3/c1-15(2)19-14-21-22(6,25-21)12-8-11-16(3)9-7-10-17(4)13-20(19)24-18(5)23/h10-11,14-15,20-21H,7-9,12-13H2,1-6H3/b16-11+,17-10+,19-14-/t20-,21-,22-/m0/s1. The number of carbonyl (C=O) groups is 1. The molecule has 0 unspecified atom stereocenters. The average Bonchev–Trinajstić information content (AvgIpc) is 3.12. The van der Waals surface area contributed by atoms with E-state index in [0.717, 1.165) is 32.1 Å². The highest BCUT2D eigenvalue weighted by Gasteiger charge is 2.50. The Kier molecular flexibility index (Phi) is 6.67. The molecule has 3 nitrogen and oxygen atoms in total. The zero-order valence-electron chi connectivity index (χ0n) is 16.7. The van der Waals surface area contributed by atoms with Crippen molar-refractivity contribution in [1.82, 2.24) is 0 Å². The van der Waals surface area contributed by atoms with Gasteiger partial charge in [-0.15, -0.1) is 0 Å². The van der Waals surface area contributed by atoms with Crippen LogP contribution in [0.1, 0.15) is 73.6 Å². The van der Waals surface area contributed by atoms with E-state index in [4.69, 9.17) is 9.47 Å². The molecule has 0 N–H and O–H groups in total. The highest BCUT2D eigenvalue weighted by atomic mass is 16.6. The lowest BCUT2D eigenvalue weighted by molar-refractivity contribution is -0.144. The van der Waals surface area contributed by atoms with Crippen molar-refractivity contribution < 1.29 is 14.3 Å². The van der Waals surface area contributed by atoms with Crippen LogP contribution in [-0.2, 0) is 14.3 Å². The van der Waals surface area contributed by atoms with Gasteiger partial charge >= 0.3 is 5.97 Å². The van der Waals surface area contributed by atoms with Crippen LogP contribution in [0.15, 0.2) is 34.9 Å². The Balaban J connectivity index is 2.31. The lowest BCUT2D eigenvalue weighted by Crippen LogP contribution is -2.23. The number of ether oxygens (including phenoxy) is 2. The Morgan fingerprint density at radius 2 is 1.92 bits per heavy atom. The maximum absolute atomic E-state index is 11.7. The van der Waals surface area contributed by atoms with Crippen molar-refractivity contribution in [2.45, 2.75) is 91.5 Å². The zero-order valence-corrected chi connectivity index (χ0v) is 16.7. The Morgan fingerprint density at radius 3 is 2.56 bits per heavy atom. The van der Waals surface area contributed by atoms with Crippen LogP contribution in [0.5, 0.6) is 0 Å². The summed E-state index contributed by atoms with van der Waals surface area (Å²) < 4.78 is 11.7. The number of esters is 1. The van der Waals surface area contributed by atoms with Crippen molar-refractivity contribution in [2.24, 2.45) is 5.92 Å². The molecule has 1 fully saturated rings. The summed E-state index contributed by atoms with van der Waals surface area (Å²) in [6, 6.07) is 0. The van der Waals surface area contributed by atoms with E-state index in [9.17, 15) is 4.79 Å². The smallest absolute Gasteiger partial charge is 0.303 e. The van der Waals surface area contributed by atoms with Crippen molar-refractivity contribution in [2.75, 3.05) is 0 Å². The summed E-state index contributed by atoms with van der Waals surface area (Å²) in [6.45, 7) is 12.4. The molecular weight excluding hydrogens is 312 g/mol. The van der Waals surface area contributed by atoms with Gasteiger partial charge in [-0.3, -0.25) is 4.79 Å². The monoisotopic (exact) mass is 346 g/mol. The summed E-state index contributed by atoms with van der Waals surface area (Å²) in [7, 11) is 0. The Hall–Kier alpha value is -1.35. The van der Waals surface area contributed by atoms with Gasteiger partial charge in [0.05, 0.1) is 5.60 Å². The fourth-order valence-corrected chi connectivity index (χ4v) is 3.57. The fraction of sp³-hybridized carbons (Fsp3) is 0.682. The molecule has 25 heavy (non-hydrogen) atoms. The first kappa shape index (κ1) is 20.0. The van der Waals surface area contributed by atoms with Crippen molar-refractivity contribution in [1.29, 1.82) is 0 Å². The van der Waals surface area contributed by atoms with Crippen molar-refractivity contribution in [3.05, 3.63) is 34.9 Å². The zero-order chi connectivity index (χ0) is 18.6. The van der Waals surface area contributed by atoms with Gasteiger partial charge in [0.25, 0.3) is 0 Å². The van der Waals surface area contributed by atoms with E-state index in [1.54, 1.807) is 0 Å². The van der Waals surface area contributed by atoms with Gasteiger partial charge < -0.3 is 9.47 Å². The predicted molar refractivity (Wildman–Crippen MR) is 102 cm³/mol. The molecule has 0 saturated carbocycles. The van der Waals surface area contributed by atoms with E-state index in [1.807, 2.05) is 0 Å². The summed E-state index contributed by atoms with van der Waals surface area (Å²) in [5.41, 5.74) is 3.83. The third-order valence-corrected chi connectivity index (χ3v) is 5.30. The summed E-state index contributed by atoms with van der Waals surface area (Å²) in [6.07, 6.45) is 11.8. The minimum absolute atomic E-state index is 0.0767. The number of hydrogen-bond acceptors (Lipinski definition) is 3. The van der Waals surface area contributed by atoms with Crippen LogP contribution in [-0.4, -0.2) is 23.8 Å². The first-order valence-corrected chi connectivity index (χ1v) is 9.59. The van der Waals surface area contributed by atoms with Crippen molar-refractivity contribution in [3.63, 3.8) is 0 Å². The first-order chi connectivity index (χ1) is 11.7. The quantitative estimate of drug-likeness (QED) is 0.376. The Bertz CT molecular complexity index is 582. The SMILES string of the molecule is CC(=O)O[C@H]1C/C(C)=C/CC/C(C)=C/CC[C@]2(C)O[C@H]2/C=C\1C(C)C. The van der Waals surface area contributed by atoms with Gasteiger partial charge in [0.15, 0.2) is 0 Å². The molecule has 0 bridgehead atoms. The fourth-order valence-electron chi connectivity index (χ4n) is 3.57. The topological polar surface area (TPSA) is 38.8 Å². The van der Waals surface area contributed by atoms with Crippen LogP contribution in [0.3, 0.4) is 0 Å². The highest BCUT2D eigenvalue weighted by Crippen LogP contribution is 2.43. The second kappa shape index (κ2) is 8.35. The van der Waals surface area contributed by atoms with E-state index in [-0.39, 0.29) is 23.8 Å². The number of allylic oxidation sites excluding steroid dienone is 3. The van der Waals surface area contributed by atoms with Crippen molar-refractivity contribution >= 4 is 5.97 Å². The van der Waals surface area contributed by atoms with E-state index >= 15 is 0 Å². The van der Waals surface area contributed by atoms with E-state index in [0.29, 0.717) is 5.92 Å². The lowest BCUT2D eigenvalue weighted by atomic mass is 9.89. The number of rotatable bonds is 2. The molecule has 1 aliphatic heterocycles. The highest BCUT2D eigenvalue weighted by molar-refractivity contribution is 5.66. The third kappa shape index (κ3) is 5.85. The second-order valence-corrected chi connectivity index (χ2v) is 8.15. The van der Waals surface area contributed by atoms with Gasteiger partial charge in [0.1, 0.15) is 12.2 Å². The number of hydrogen-bond donors (Lipinski definition) is 0. The van der Waals surface area contributed by atoms with Gasteiger partial charge in [-0.2, -0.15) is 0 Å². The summed E-state index contributed by atoms with van der Waals surface area (Å²) in [4.78, 5) is 11.7. The first-order valence-electron chi connectivity index (χ1n) is 9.59. The van der Waals surface area contributed by atoms with Crippen LogP contribution in [0, 0.1) is 5.92 Å². The Labute approximate surface area is 153 Å². The largest absolute Gasteiger partial charge is 0.458 e. The number of epoxide rings is 1. The maximum Gasteiger partial charge on any atom is 0.303 e. The van der Waals surface area contributed by atoms with Gasteiger partial charge in [-0.05, 0) is 64.0 Å². The van der Waals surface area contributed by atoms with E-state index in [2.05, 4.69) is 52.8 Å². The van der Waals surface area contributed by atoms with Crippen LogP contribution in [0.2, 0.25) is 0 Å². The van der Waals surface area contributed by atoms with Gasteiger partial charge in [-0.1, -0.05) is 37.1 Å². The molecule has 1 heterocycles. The lowest BCUT2D eigenvalue weighted by Gasteiger charge is -2.24. The molecule has 3 heteroatoms. The molecule has 2 rings (SSSR count). The summed E-state index contributed by atoms with van der Waals surface area (Å²) in [5, 5.41) is 0. The maximum atomic E-state index is 11.7. The summed E-state index contributed by atoms with van der Waals surface area (Å²) in [5.74, 6) is 0.101. The molecule has 0 aromatic carbocycles. The molecule has 0 radical (unpaired) electrons. The molecular formula is C22H34O3. The van der Waals surface area contributed by atoms with E-state index < -0.39 is 0 Å². The van der Waals surface area contributed by atoms with Gasteiger partial charge in [-0.25, -0.2) is 0 Å². The van der Waals surface area contributed by atoms with E-state index in [1.165, 1.54) is 23.6 Å². The molecule has 3 atom stereocenters. The summed E-state index contributed by atoms with van der Waals surface area (Å²) >= 11 is 0. The molecule has 0 amide bonds. The molecule has 0 spiro atoms. The minimum Gasteiger partial charge on any atom is -0.458 e. The molecule has 1 saturated heterocycles. The number of fused-ring (bicyclic) bond motifs is 1. The minimum atomic E-state index is -0.219. The average molecular weight is 347 g/mol. The molecule has 140 valence electrons. The predicted octanol–water partition coefficient (Wildman–Crippen LogP) is 5.51. The molecule has 1 aliphatic carbocycles. The van der Waals surface area contributed by atoms with Crippen LogP contribution >= 0.6 is 0 Å². The Morgan fingerprint density at radius 1 is 1.24 bits per heavy atom. The normalized spacial score (nSPS) is 37.5. The number of carbonyl (C=O) groups excluding carboxylic acids is 1. The van der Waals surface area contributed by atoms with Crippen LogP contribution < -0.4 is 0 Å². The van der Waals surface area contributed by atoms with Crippen molar-refractivity contribution in [3.8, 4) is 0 Å². The molecule has 0 aromatic heterocycles. The van der Waals surface area contributed by atoms with Crippen LogP contribution in [0.25, 0.3) is 0 Å².